The highest BCUT2D eigenvalue weighted by atomic mass is 79.9. The number of nitrogens with zero attached hydrogens (tertiary/aromatic N) is 1. The molecule has 3 rings (SSSR count). The molecule has 4 N–H and O–H groups in total. The fourth-order valence-electron chi connectivity index (χ4n) is 2.23. The van der Waals surface area contributed by atoms with Crippen LogP contribution in [0.15, 0.2) is 65.3 Å². The first kappa shape index (κ1) is 19.7. The van der Waals surface area contributed by atoms with Gasteiger partial charge in [0.15, 0.2) is 0 Å². The summed E-state index contributed by atoms with van der Waals surface area (Å²) < 4.78 is 6.45. The molecule has 9 heteroatoms. The van der Waals surface area contributed by atoms with E-state index >= 15 is 0 Å². The topological polar surface area (TPSA) is 106 Å². The van der Waals surface area contributed by atoms with Gasteiger partial charge in [-0.2, -0.15) is 0 Å². The average Bonchev–Trinajstić information content (AvgIpc) is 2.66. The summed E-state index contributed by atoms with van der Waals surface area (Å²) in [5.41, 5.74) is 6.35. The molecule has 28 heavy (non-hydrogen) atoms. The number of hydrogen-bond acceptors (Lipinski definition) is 4. The molecule has 0 radical (unpaired) electrons. The third-order valence-corrected chi connectivity index (χ3v) is 4.33. The highest BCUT2D eigenvalue weighted by Gasteiger charge is 2.08. The van der Waals surface area contributed by atoms with Gasteiger partial charge in [0.25, 0.3) is 5.91 Å². The number of carbonyl (C=O) groups is 2. The lowest BCUT2D eigenvalue weighted by atomic mass is 10.3. The predicted molar refractivity (Wildman–Crippen MR) is 111 cm³/mol. The van der Waals surface area contributed by atoms with Gasteiger partial charge < -0.3 is 21.1 Å². The number of nitrogens with one attached hydrogen (secondary N) is 2. The number of anilines is 2. The van der Waals surface area contributed by atoms with Gasteiger partial charge in [0.1, 0.15) is 17.2 Å². The number of primary amides is 1. The molecule has 7 nitrogen and oxygen atoms in total. The van der Waals surface area contributed by atoms with E-state index in [9.17, 15) is 9.59 Å². The Labute approximate surface area is 174 Å². The normalized spacial score (nSPS) is 10.2. The van der Waals surface area contributed by atoms with Gasteiger partial charge >= 0.3 is 6.03 Å². The number of hydrogen-bond donors (Lipinski definition) is 3. The number of nitrogens with two attached hydrogens (primary N) is 1. The number of carbonyl (C=O) groups excluding carboxylic acids is 2. The van der Waals surface area contributed by atoms with Crippen LogP contribution in [0.5, 0.6) is 11.5 Å². The van der Waals surface area contributed by atoms with Gasteiger partial charge in [0.05, 0.1) is 10.7 Å². The number of pyridine rings is 1. The van der Waals surface area contributed by atoms with E-state index in [4.69, 9.17) is 22.1 Å². The molecule has 3 aromatic rings. The second-order valence-electron chi connectivity index (χ2n) is 5.57. The van der Waals surface area contributed by atoms with Crippen molar-refractivity contribution in [2.75, 3.05) is 10.6 Å². The van der Waals surface area contributed by atoms with Gasteiger partial charge in [-0.3, -0.25) is 9.78 Å². The Morgan fingerprint density at radius 1 is 1.00 bits per heavy atom. The summed E-state index contributed by atoms with van der Waals surface area (Å²) in [4.78, 5) is 27.2. The Kier molecular flexibility index (Phi) is 6.13. The van der Waals surface area contributed by atoms with Crippen LogP contribution in [0, 0.1) is 0 Å². The number of urea groups is 1. The number of rotatable bonds is 5. The van der Waals surface area contributed by atoms with Crippen LogP contribution < -0.4 is 21.1 Å². The summed E-state index contributed by atoms with van der Waals surface area (Å²) >= 11 is 9.39. The van der Waals surface area contributed by atoms with Crippen LogP contribution in [-0.2, 0) is 0 Å². The average molecular weight is 462 g/mol. The standard InChI is InChI=1S/C19H14BrClN4O3/c20-11-1-6-15(21)16(9-11)25-19(27)24-12-2-4-13(5-3-12)28-14-7-8-23-17(10-14)18(22)26/h1-10H,(H2,22,26)(H2,24,25,27). The highest BCUT2D eigenvalue weighted by molar-refractivity contribution is 9.10. The summed E-state index contributed by atoms with van der Waals surface area (Å²) in [5, 5.41) is 5.80. The molecule has 2 aromatic carbocycles. The number of benzene rings is 2. The molecule has 0 aliphatic heterocycles. The number of amides is 3. The van der Waals surface area contributed by atoms with Gasteiger partial charge in [-0.15, -0.1) is 0 Å². The molecule has 1 aromatic heterocycles. The molecule has 0 saturated carbocycles. The molecule has 1 heterocycles. The van der Waals surface area contributed by atoms with Crippen LogP contribution in [-0.4, -0.2) is 16.9 Å². The maximum absolute atomic E-state index is 12.1. The number of aromatic nitrogens is 1. The van der Waals surface area contributed by atoms with E-state index in [0.717, 1.165) is 4.47 Å². The summed E-state index contributed by atoms with van der Waals surface area (Å²) in [5.74, 6) is 0.302. The summed E-state index contributed by atoms with van der Waals surface area (Å²) in [6, 6.07) is 14.5. The third-order valence-electron chi connectivity index (χ3n) is 3.51. The van der Waals surface area contributed by atoms with Crippen LogP contribution in [0.3, 0.4) is 0 Å². The summed E-state index contributed by atoms with van der Waals surface area (Å²) in [6.45, 7) is 0. The van der Waals surface area contributed by atoms with E-state index in [2.05, 4.69) is 31.5 Å². The molecule has 0 atom stereocenters. The van der Waals surface area contributed by atoms with Crippen molar-refractivity contribution < 1.29 is 14.3 Å². The highest BCUT2D eigenvalue weighted by Crippen LogP contribution is 2.26. The van der Waals surface area contributed by atoms with E-state index in [0.29, 0.717) is 27.9 Å². The molecule has 0 fully saturated rings. The van der Waals surface area contributed by atoms with Gasteiger partial charge in [0, 0.05) is 22.4 Å². The van der Waals surface area contributed by atoms with Gasteiger partial charge in [0.2, 0.25) is 0 Å². The van der Waals surface area contributed by atoms with E-state index in [-0.39, 0.29) is 5.69 Å². The van der Waals surface area contributed by atoms with E-state index in [1.807, 2.05) is 0 Å². The Hall–Kier alpha value is -3.10. The van der Waals surface area contributed by atoms with Crippen molar-refractivity contribution in [3.8, 4) is 11.5 Å². The largest absolute Gasteiger partial charge is 0.457 e. The third kappa shape index (κ3) is 5.21. The number of halogens is 2. The molecular formula is C19H14BrClN4O3. The lowest BCUT2D eigenvalue weighted by molar-refractivity contribution is 0.0995. The molecule has 0 saturated heterocycles. The van der Waals surface area contributed by atoms with E-state index in [1.165, 1.54) is 12.3 Å². The molecule has 3 amide bonds. The fourth-order valence-corrected chi connectivity index (χ4v) is 2.76. The molecule has 0 bridgehead atoms. The smallest absolute Gasteiger partial charge is 0.323 e. The Morgan fingerprint density at radius 3 is 2.46 bits per heavy atom. The van der Waals surface area contributed by atoms with Crippen molar-refractivity contribution in [1.82, 2.24) is 4.98 Å². The zero-order chi connectivity index (χ0) is 20.1. The maximum atomic E-state index is 12.1. The minimum absolute atomic E-state index is 0.110. The first-order valence-electron chi connectivity index (χ1n) is 7.97. The van der Waals surface area contributed by atoms with Crippen LogP contribution >= 0.6 is 27.5 Å². The Morgan fingerprint density at radius 2 is 1.75 bits per heavy atom. The van der Waals surface area contributed by atoms with Crippen LogP contribution in [0.4, 0.5) is 16.2 Å². The fraction of sp³-hybridized carbons (Fsp3) is 0. The van der Waals surface area contributed by atoms with Crippen LogP contribution in [0.2, 0.25) is 5.02 Å². The first-order valence-corrected chi connectivity index (χ1v) is 9.14. The molecule has 0 unspecified atom stereocenters. The molecule has 0 spiro atoms. The van der Waals surface area contributed by atoms with Gasteiger partial charge in [-0.05, 0) is 48.5 Å². The quantitative estimate of drug-likeness (QED) is 0.495. The lowest BCUT2D eigenvalue weighted by Crippen LogP contribution is -2.19. The molecule has 142 valence electrons. The second kappa shape index (κ2) is 8.73. The van der Waals surface area contributed by atoms with Crippen molar-refractivity contribution in [2.24, 2.45) is 5.73 Å². The minimum Gasteiger partial charge on any atom is -0.457 e. The van der Waals surface area contributed by atoms with Crippen molar-refractivity contribution >= 4 is 50.8 Å². The summed E-state index contributed by atoms with van der Waals surface area (Å²) in [7, 11) is 0. The molecule has 0 aliphatic carbocycles. The lowest BCUT2D eigenvalue weighted by Gasteiger charge is -2.10. The Bertz CT molecular complexity index is 1030. The van der Waals surface area contributed by atoms with E-state index in [1.54, 1.807) is 48.5 Å². The Balaban J connectivity index is 1.62. The second-order valence-corrected chi connectivity index (χ2v) is 6.89. The minimum atomic E-state index is -0.637. The van der Waals surface area contributed by atoms with Crippen LogP contribution in [0.25, 0.3) is 0 Å². The number of ether oxygens (including phenoxy) is 1. The zero-order valence-corrected chi connectivity index (χ0v) is 16.6. The van der Waals surface area contributed by atoms with Crippen molar-refractivity contribution in [3.63, 3.8) is 0 Å². The first-order chi connectivity index (χ1) is 13.4. The van der Waals surface area contributed by atoms with Crippen molar-refractivity contribution in [2.45, 2.75) is 0 Å². The molecule has 0 aliphatic rings. The van der Waals surface area contributed by atoms with Gasteiger partial charge in [-0.25, -0.2) is 4.79 Å². The SMILES string of the molecule is NC(=O)c1cc(Oc2ccc(NC(=O)Nc3cc(Br)ccc3Cl)cc2)ccn1. The maximum Gasteiger partial charge on any atom is 0.323 e. The van der Waals surface area contributed by atoms with E-state index < -0.39 is 11.9 Å². The van der Waals surface area contributed by atoms with Gasteiger partial charge in [-0.1, -0.05) is 27.5 Å². The monoisotopic (exact) mass is 460 g/mol. The molecular weight excluding hydrogens is 448 g/mol. The van der Waals surface area contributed by atoms with Crippen LogP contribution in [0.1, 0.15) is 10.5 Å². The predicted octanol–water partition coefficient (Wildman–Crippen LogP) is 5.03. The summed E-state index contributed by atoms with van der Waals surface area (Å²) in [6.07, 6.45) is 1.43. The van der Waals surface area contributed by atoms with Crippen molar-refractivity contribution in [1.29, 1.82) is 0 Å². The zero-order valence-electron chi connectivity index (χ0n) is 14.3. The van der Waals surface area contributed by atoms with Crippen molar-refractivity contribution in [3.05, 3.63) is 76.0 Å².